The number of benzene rings is 1. The fraction of sp³-hybridized carbons (Fsp3) is 0.267. The molecular weight excluding hydrogens is 288 g/mol. The molecule has 1 heterocycles. The van der Waals surface area contributed by atoms with E-state index in [-0.39, 0.29) is 25.3 Å². The fourth-order valence-electron chi connectivity index (χ4n) is 1.85. The summed E-state index contributed by atoms with van der Waals surface area (Å²) in [6, 6.07) is 7.35. The zero-order valence-electron chi connectivity index (χ0n) is 11.7. The van der Waals surface area contributed by atoms with Crippen LogP contribution in [0.1, 0.15) is 22.3 Å². The number of aromatic nitrogens is 1. The number of rotatable bonds is 7. The number of carbonyl (C=O) groups excluding carboxylic acids is 1. The number of hydrogen-bond acceptors (Lipinski definition) is 5. The number of hydrogen-bond donors (Lipinski definition) is 1. The van der Waals surface area contributed by atoms with Gasteiger partial charge in [0, 0.05) is 23.7 Å². The van der Waals surface area contributed by atoms with E-state index in [0.717, 1.165) is 5.56 Å². The number of nitrogens with zero attached hydrogens (tertiary/aromatic N) is 2. The molecule has 0 fully saturated rings. The second-order valence-electron chi connectivity index (χ2n) is 4.67. The van der Waals surface area contributed by atoms with Crippen LogP contribution in [0.25, 0.3) is 0 Å². The van der Waals surface area contributed by atoms with Crippen LogP contribution in [0.15, 0.2) is 35.8 Å². The van der Waals surface area contributed by atoms with Gasteiger partial charge in [-0.05, 0) is 6.92 Å². The van der Waals surface area contributed by atoms with E-state index in [1.54, 1.807) is 28.6 Å². The SMILES string of the molecule is Cc1ccc(C(=O)CN(CCC(=O)O)c2nccs2)cc1. The number of ketones is 1. The van der Waals surface area contributed by atoms with Crippen LogP contribution in [-0.4, -0.2) is 34.9 Å². The highest BCUT2D eigenvalue weighted by atomic mass is 32.1. The van der Waals surface area contributed by atoms with Crippen molar-refractivity contribution >= 4 is 28.2 Å². The molecule has 0 saturated heterocycles. The Morgan fingerprint density at radius 3 is 2.57 bits per heavy atom. The largest absolute Gasteiger partial charge is 0.481 e. The minimum Gasteiger partial charge on any atom is -0.481 e. The molecule has 0 amide bonds. The minimum atomic E-state index is -0.889. The Morgan fingerprint density at radius 2 is 2.00 bits per heavy atom. The van der Waals surface area contributed by atoms with E-state index in [9.17, 15) is 9.59 Å². The van der Waals surface area contributed by atoms with Crippen molar-refractivity contribution in [2.24, 2.45) is 0 Å². The summed E-state index contributed by atoms with van der Waals surface area (Å²) in [5.74, 6) is -0.935. The van der Waals surface area contributed by atoms with Gasteiger partial charge >= 0.3 is 5.97 Å². The molecule has 0 radical (unpaired) electrons. The molecule has 0 bridgehead atoms. The van der Waals surface area contributed by atoms with Crippen molar-refractivity contribution in [3.8, 4) is 0 Å². The average molecular weight is 304 g/mol. The molecular formula is C15H16N2O3S. The van der Waals surface area contributed by atoms with Crippen LogP contribution in [0.4, 0.5) is 5.13 Å². The summed E-state index contributed by atoms with van der Waals surface area (Å²) in [5.41, 5.74) is 1.71. The number of carboxylic acids is 1. The third-order valence-corrected chi connectivity index (χ3v) is 3.83. The molecule has 1 aromatic carbocycles. The quantitative estimate of drug-likeness (QED) is 0.796. The fourth-order valence-corrected chi connectivity index (χ4v) is 2.52. The number of anilines is 1. The van der Waals surface area contributed by atoms with E-state index in [0.29, 0.717) is 10.7 Å². The third kappa shape index (κ3) is 4.39. The van der Waals surface area contributed by atoms with Crippen molar-refractivity contribution in [2.45, 2.75) is 13.3 Å². The van der Waals surface area contributed by atoms with Crippen molar-refractivity contribution in [1.82, 2.24) is 4.98 Å². The second-order valence-corrected chi connectivity index (χ2v) is 5.54. The number of thiazole rings is 1. The second kappa shape index (κ2) is 6.99. The summed E-state index contributed by atoms with van der Waals surface area (Å²) in [5, 5.41) is 11.3. The molecule has 21 heavy (non-hydrogen) atoms. The van der Waals surface area contributed by atoms with Crippen LogP contribution in [0.5, 0.6) is 0 Å². The maximum atomic E-state index is 12.3. The van der Waals surface area contributed by atoms with Crippen LogP contribution < -0.4 is 4.90 Å². The molecule has 0 saturated carbocycles. The Bertz CT molecular complexity index is 608. The van der Waals surface area contributed by atoms with Gasteiger partial charge in [-0.1, -0.05) is 29.8 Å². The first kappa shape index (κ1) is 15.2. The van der Waals surface area contributed by atoms with Crippen LogP contribution >= 0.6 is 11.3 Å². The Labute approximate surface area is 126 Å². The van der Waals surface area contributed by atoms with Crippen LogP contribution in [0.2, 0.25) is 0 Å². The molecule has 2 aromatic rings. The van der Waals surface area contributed by atoms with Gasteiger partial charge in [-0.2, -0.15) is 0 Å². The highest BCUT2D eigenvalue weighted by molar-refractivity contribution is 7.13. The monoisotopic (exact) mass is 304 g/mol. The van der Waals surface area contributed by atoms with E-state index in [1.165, 1.54) is 11.3 Å². The van der Waals surface area contributed by atoms with Crippen molar-refractivity contribution in [1.29, 1.82) is 0 Å². The highest BCUT2D eigenvalue weighted by Gasteiger charge is 2.16. The van der Waals surface area contributed by atoms with Crippen LogP contribution in [-0.2, 0) is 4.79 Å². The summed E-state index contributed by atoms with van der Waals surface area (Å²) < 4.78 is 0. The van der Waals surface area contributed by atoms with Crippen LogP contribution in [0, 0.1) is 6.92 Å². The van der Waals surface area contributed by atoms with Gasteiger partial charge in [0.05, 0.1) is 13.0 Å². The molecule has 6 heteroatoms. The normalized spacial score (nSPS) is 10.3. The van der Waals surface area contributed by atoms with Gasteiger partial charge in [0.2, 0.25) is 0 Å². The van der Waals surface area contributed by atoms with Gasteiger partial charge in [0.15, 0.2) is 10.9 Å². The maximum absolute atomic E-state index is 12.3. The number of carbonyl (C=O) groups is 2. The van der Waals surface area contributed by atoms with Gasteiger partial charge in [-0.15, -0.1) is 11.3 Å². The zero-order chi connectivity index (χ0) is 15.2. The lowest BCUT2D eigenvalue weighted by Crippen LogP contribution is -2.31. The zero-order valence-corrected chi connectivity index (χ0v) is 12.5. The summed E-state index contributed by atoms with van der Waals surface area (Å²) in [4.78, 5) is 28.9. The van der Waals surface area contributed by atoms with Gasteiger partial charge in [0.1, 0.15) is 0 Å². The summed E-state index contributed by atoms with van der Waals surface area (Å²) in [7, 11) is 0. The summed E-state index contributed by atoms with van der Waals surface area (Å²) in [6.45, 7) is 2.35. The van der Waals surface area contributed by atoms with Gasteiger partial charge < -0.3 is 10.0 Å². The number of aliphatic carboxylic acids is 1. The standard InChI is InChI=1S/C15H16N2O3S/c1-11-2-4-12(5-3-11)13(18)10-17(8-6-14(19)20)15-16-7-9-21-15/h2-5,7,9H,6,8,10H2,1H3,(H,19,20). The highest BCUT2D eigenvalue weighted by Crippen LogP contribution is 2.18. The minimum absolute atomic E-state index is 0.0270. The number of Topliss-reactive ketones (excluding diaryl/α,β-unsaturated/α-hetero) is 1. The van der Waals surface area contributed by atoms with Crippen molar-refractivity contribution in [3.63, 3.8) is 0 Å². The van der Waals surface area contributed by atoms with Crippen LogP contribution in [0.3, 0.4) is 0 Å². The van der Waals surface area contributed by atoms with Crippen molar-refractivity contribution in [3.05, 3.63) is 47.0 Å². The van der Waals surface area contributed by atoms with Gasteiger partial charge in [0.25, 0.3) is 0 Å². The number of carboxylic acid groups (broad SMARTS) is 1. The molecule has 1 N–H and O–H groups in total. The Kier molecular flexibility index (Phi) is 5.05. The summed E-state index contributed by atoms with van der Waals surface area (Å²) in [6.07, 6.45) is 1.62. The first-order valence-corrected chi connectivity index (χ1v) is 7.40. The van der Waals surface area contributed by atoms with Gasteiger partial charge in [-0.3, -0.25) is 9.59 Å². The maximum Gasteiger partial charge on any atom is 0.305 e. The molecule has 1 aromatic heterocycles. The molecule has 0 unspecified atom stereocenters. The molecule has 110 valence electrons. The molecule has 0 aliphatic carbocycles. The Balaban J connectivity index is 2.09. The lowest BCUT2D eigenvalue weighted by molar-refractivity contribution is -0.136. The van der Waals surface area contributed by atoms with Crippen molar-refractivity contribution in [2.75, 3.05) is 18.0 Å². The van der Waals surface area contributed by atoms with E-state index < -0.39 is 5.97 Å². The lowest BCUT2D eigenvalue weighted by Gasteiger charge is -2.20. The molecule has 0 aliphatic rings. The predicted octanol–water partition coefficient (Wildman–Crippen LogP) is 2.62. The topological polar surface area (TPSA) is 70.5 Å². The average Bonchev–Trinajstić information content (AvgIpc) is 2.97. The van der Waals surface area contributed by atoms with E-state index in [2.05, 4.69) is 4.98 Å². The van der Waals surface area contributed by atoms with Crippen molar-refractivity contribution < 1.29 is 14.7 Å². The first-order chi connectivity index (χ1) is 10.1. The smallest absolute Gasteiger partial charge is 0.305 e. The first-order valence-electron chi connectivity index (χ1n) is 6.52. The summed E-state index contributed by atoms with van der Waals surface area (Å²) >= 11 is 1.39. The number of aryl methyl sites for hydroxylation is 1. The molecule has 0 spiro atoms. The van der Waals surface area contributed by atoms with E-state index in [1.807, 2.05) is 19.1 Å². The van der Waals surface area contributed by atoms with E-state index >= 15 is 0 Å². The molecule has 0 aliphatic heterocycles. The third-order valence-electron chi connectivity index (χ3n) is 2.99. The molecule has 2 rings (SSSR count). The Hall–Kier alpha value is -2.21. The van der Waals surface area contributed by atoms with E-state index in [4.69, 9.17) is 5.11 Å². The molecule has 0 atom stereocenters. The van der Waals surface area contributed by atoms with Gasteiger partial charge in [-0.25, -0.2) is 4.98 Å². The molecule has 5 nitrogen and oxygen atoms in total. The predicted molar refractivity (Wildman–Crippen MR) is 82.1 cm³/mol. The lowest BCUT2D eigenvalue weighted by atomic mass is 10.1. The Morgan fingerprint density at radius 1 is 1.29 bits per heavy atom.